The quantitative estimate of drug-likeness (QED) is 0.0193. The summed E-state index contributed by atoms with van der Waals surface area (Å²) in [5.74, 6) is -5.14. The third-order valence-corrected chi connectivity index (χ3v) is 12.8. The second kappa shape index (κ2) is 40.1. The first-order chi connectivity index (χ1) is 33.6. The van der Waals surface area contributed by atoms with Crippen LogP contribution in [-0.2, 0) is 126 Å². The summed E-state index contributed by atoms with van der Waals surface area (Å²) in [4.78, 5) is 24.3. The average Bonchev–Trinajstić information content (AvgIpc) is 3.22. The minimum atomic E-state index is -6.33. The number of carboxylic acids is 2. The standard InChI is InChI=1S/C27H44N2O39S6.8Na/c1-2-3-57-24-8(28-69(39,40)41)10(30)15(6(60-24)4-58-71(45,46)47)63-27-20(68-74(54,55)56)14(34)17(21(66-27)23(37)38)64-25-9(29-70(42,43)44)11(31)16(7(61-25)5-59-72(48,49)50)62-26-19(67-73(51,52)53)13(33)12(32)18(65-26)22(35)36;;;;;;;;/h2,6-21,24-34H,1,3-5H2,(H,35,36)(H,37,38)(H,39,40,41)(H,42,43,44)(H,45,46,47)(H,48,49,50)(H,51,52,53)(H,54,55,56);;;;;;;;/q;8*+1/p-8/t6-,7-,8-,9-,10-,11-,12+,13+,14+,15-,16-,17+,18-,19-,20-,21-,24+,25-,26-,27-;;;;;;;;/m1......../s1. The fourth-order valence-electron chi connectivity index (χ4n) is 7.11. The Balaban J connectivity index is -0.00000247. The van der Waals surface area contributed by atoms with Gasteiger partial charge >= 0.3 is 236 Å². The maximum absolute atomic E-state index is 12.7. The molecule has 7 N–H and O–H groups in total. The summed E-state index contributed by atoms with van der Waals surface area (Å²) < 4.78 is 271. The molecule has 0 aliphatic carbocycles. The van der Waals surface area contributed by atoms with Crippen LogP contribution in [0.3, 0.4) is 0 Å². The first kappa shape index (κ1) is 96.1. The van der Waals surface area contributed by atoms with Gasteiger partial charge in [-0.1, -0.05) is 6.08 Å². The van der Waals surface area contributed by atoms with Crippen molar-refractivity contribution in [1.82, 2.24) is 9.44 Å². The van der Waals surface area contributed by atoms with E-state index in [-0.39, 0.29) is 236 Å². The zero-order valence-electron chi connectivity index (χ0n) is 43.5. The number of hydrogen-bond donors (Lipinski definition) is 7. The third kappa shape index (κ3) is 30.4. The smallest absolute Gasteiger partial charge is 0.735 e. The fourth-order valence-corrected chi connectivity index (χ4v) is 9.83. The van der Waals surface area contributed by atoms with Crippen LogP contribution in [0.15, 0.2) is 12.7 Å². The normalized spacial score (nSPS) is 34.3. The third-order valence-electron chi connectivity index (χ3n) is 9.90. The minimum absolute atomic E-state index is 0. The Bertz CT molecular complexity index is 2710. The molecule has 0 bridgehead atoms. The Morgan fingerprint density at radius 1 is 0.451 bits per heavy atom. The number of carbonyl (C=O) groups is 2. The average molecular weight is 1390 g/mol. The zero-order chi connectivity index (χ0) is 56.4. The Kier molecular flexibility index (Phi) is 46.9. The van der Waals surface area contributed by atoms with Crippen LogP contribution >= 0.6 is 0 Å². The van der Waals surface area contributed by atoms with Crippen molar-refractivity contribution >= 4 is 74.1 Å². The molecule has 0 aromatic rings. The van der Waals surface area contributed by atoms with Gasteiger partial charge < -0.3 is 111 Å². The molecule has 0 aromatic carbocycles. The van der Waals surface area contributed by atoms with E-state index in [4.69, 9.17) is 37.9 Å². The summed E-state index contributed by atoms with van der Waals surface area (Å²) in [6.45, 7) is -0.864. The van der Waals surface area contributed by atoms with Crippen LogP contribution in [-0.4, -0.2) is 258 Å². The maximum atomic E-state index is 12.7. The van der Waals surface area contributed by atoms with Gasteiger partial charge in [0.15, 0.2) is 58.0 Å². The molecular formula is C27H36N2Na8O39S6. The summed E-state index contributed by atoms with van der Waals surface area (Å²) >= 11 is 0. The molecular weight excluding hydrogens is 1350 g/mol. The van der Waals surface area contributed by atoms with E-state index in [1.807, 2.05) is 0 Å². The monoisotopic (exact) mass is 1390 g/mol. The molecule has 4 fully saturated rings. The van der Waals surface area contributed by atoms with Gasteiger partial charge in [0.25, 0.3) is 0 Å². The van der Waals surface area contributed by atoms with Gasteiger partial charge in [0.1, 0.15) is 85.3 Å². The van der Waals surface area contributed by atoms with Gasteiger partial charge in [-0.3, -0.25) is 16.7 Å². The molecule has 0 amide bonds. The van der Waals surface area contributed by atoms with Gasteiger partial charge in [-0.2, -0.15) is 0 Å². The molecule has 82 heavy (non-hydrogen) atoms. The summed E-state index contributed by atoms with van der Waals surface area (Å²) in [6.07, 6.45) is -51.0. The van der Waals surface area contributed by atoms with Gasteiger partial charge in [0.2, 0.25) is 41.6 Å². The van der Waals surface area contributed by atoms with Gasteiger partial charge in [-0.25, -0.2) is 60.0 Å². The van der Waals surface area contributed by atoms with Crippen molar-refractivity contribution in [3.05, 3.63) is 12.7 Å². The number of nitrogens with one attached hydrogen (secondary N) is 2. The van der Waals surface area contributed by atoms with Gasteiger partial charge in [-0.15, -0.1) is 6.58 Å². The maximum Gasteiger partial charge on any atom is 1.00 e. The molecule has 4 aliphatic heterocycles. The zero-order valence-corrected chi connectivity index (χ0v) is 64.4. The number of hydrogen-bond acceptors (Lipinski definition) is 39. The van der Waals surface area contributed by atoms with Crippen molar-refractivity contribution in [2.75, 3.05) is 19.8 Å². The van der Waals surface area contributed by atoms with E-state index >= 15 is 0 Å². The van der Waals surface area contributed by atoms with Crippen LogP contribution in [0.25, 0.3) is 0 Å². The number of aliphatic hydroxyl groups excluding tert-OH is 5. The second-order valence-electron chi connectivity index (χ2n) is 15.0. The Labute approximate surface area is 642 Å². The first-order valence-corrected chi connectivity index (χ1v) is 27.3. The number of rotatable bonds is 25. The van der Waals surface area contributed by atoms with E-state index < -0.39 is 217 Å². The van der Waals surface area contributed by atoms with Crippen molar-refractivity contribution in [2.24, 2.45) is 0 Å². The van der Waals surface area contributed by atoms with Crippen molar-refractivity contribution in [2.45, 2.75) is 123 Å². The summed E-state index contributed by atoms with van der Waals surface area (Å²) in [7, 11) is -36.0. The van der Waals surface area contributed by atoms with Crippen LogP contribution in [0.4, 0.5) is 0 Å². The predicted molar refractivity (Wildman–Crippen MR) is 199 cm³/mol. The van der Waals surface area contributed by atoms with E-state index in [0.29, 0.717) is 0 Å². The van der Waals surface area contributed by atoms with E-state index in [9.17, 15) is 123 Å². The van der Waals surface area contributed by atoms with E-state index in [1.165, 1.54) is 4.72 Å². The van der Waals surface area contributed by atoms with Crippen LogP contribution in [0.1, 0.15) is 0 Å². The number of aliphatic carboxylic acids is 2. The predicted octanol–water partition coefficient (Wildman–Crippen LogP) is -38.9. The molecule has 0 radical (unpaired) electrons. The van der Waals surface area contributed by atoms with Crippen LogP contribution in [0.2, 0.25) is 0 Å². The largest absolute Gasteiger partial charge is 1.00 e. The number of aliphatic hydroxyl groups is 5. The Morgan fingerprint density at radius 3 is 1.13 bits per heavy atom. The minimum Gasteiger partial charge on any atom is -0.735 e. The first-order valence-electron chi connectivity index (χ1n) is 19.2. The van der Waals surface area contributed by atoms with Gasteiger partial charge in [-0.05, 0) is 0 Å². The molecule has 20 atom stereocenters. The molecule has 0 unspecified atom stereocenters. The SMILES string of the molecule is C=CCO[C@H]1O[C@H](COS(=O)(=O)[O-])[C@@H](O[C@@H]2O[C@@H](C(=O)[O-])[C@@H](O[C@H]3O[C@H](COS(=O)(=O)[O-])[C@@H](O[C@@H]4O[C@@H](C(=O)[O-])[C@@H](O)[C@H](O)[C@H]4OS(=O)(=O)[O-])[C@H](O)[C@H]3NS(=O)(=O)[O-])[C@H](O)[C@H]2OS(=O)(=O)[O-])[C@H](O)[C@H]1NS(=O)(=O)[O-].[Na+].[Na+].[Na+].[Na+].[Na+].[Na+].[Na+].[Na+]. The van der Waals surface area contributed by atoms with Crippen LogP contribution < -0.4 is 256 Å². The summed E-state index contributed by atoms with van der Waals surface area (Å²) in [5.41, 5.74) is 0. The van der Waals surface area contributed by atoms with Crippen LogP contribution in [0.5, 0.6) is 0 Å². The summed E-state index contributed by atoms with van der Waals surface area (Å²) in [5, 5.41) is 79.2. The summed E-state index contributed by atoms with van der Waals surface area (Å²) in [6, 6.07) is -5.42. The van der Waals surface area contributed by atoms with Gasteiger partial charge in [0, 0.05) is 0 Å². The molecule has 4 heterocycles. The van der Waals surface area contributed by atoms with Crippen molar-refractivity contribution in [3.8, 4) is 0 Å². The van der Waals surface area contributed by atoms with Gasteiger partial charge in [0.05, 0.1) is 31.8 Å². The molecule has 0 saturated carbocycles. The van der Waals surface area contributed by atoms with Crippen molar-refractivity contribution in [3.63, 3.8) is 0 Å². The van der Waals surface area contributed by atoms with Crippen molar-refractivity contribution < 1.29 is 414 Å². The number of carboxylic acid groups (broad SMARTS) is 2. The molecule has 55 heteroatoms. The Morgan fingerprint density at radius 2 is 0.793 bits per heavy atom. The topological polar surface area (TPSA) is 659 Å². The molecule has 4 rings (SSSR count). The number of carbonyl (C=O) groups excluding carboxylic acids is 2. The molecule has 432 valence electrons. The Hall–Kier alpha value is 5.38. The fraction of sp³-hybridized carbons (Fsp3) is 0.852. The molecule has 0 spiro atoms. The molecule has 4 aliphatic rings. The second-order valence-corrected chi connectivity index (χ2v) is 21.4. The van der Waals surface area contributed by atoms with Crippen molar-refractivity contribution in [1.29, 1.82) is 0 Å². The molecule has 41 nitrogen and oxygen atoms in total. The van der Waals surface area contributed by atoms with Crippen LogP contribution in [0, 0.1) is 0 Å². The van der Waals surface area contributed by atoms with E-state index in [2.05, 4.69) is 23.3 Å². The molecule has 0 aromatic heterocycles. The molecule has 4 saturated heterocycles. The number of ether oxygens (including phenoxy) is 8. The van der Waals surface area contributed by atoms with E-state index in [0.717, 1.165) is 10.8 Å². The van der Waals surface area contributed by atoms with E-state index in [1.54, 1.807) is 0 Å².